The van der Waals surface area contributed by atoms with Gasteiger partial charge in [-0.1, -0.05) is 26.0 Å². The number of aliphatic hydroxyl groups excluding tert-OH is 1. The Bertz CT molecular complexity index is 458. The quantitative estimate of drug-likeness (QED) is 0.835. The second-order valence-electron chi connectivity index (χ2n) is 5.70. The molecule has 0 aromatic heterocycles. The van der Waals surface area contributed by atoms with Crippen molar-refractivity contribution in [1.29, 1.82) is 0 Å². The summed E-state index contributed by atoms with van der Waals surface area (Å²) in [5.74, 6) is 0. The molecule has 1 aliphatic carbocycles. The van der Waals surface area contributed by atoms with Gasteiger partial charge in [0, 0.05) is 22.9 Å². The van der Waals surface area contributed by atoms with E-state index in [-0.39, 0.29) is 34.2 Å². The van der Waals surface area contributed by atoms with E-state index in [1.54, 1.807) is 12.1 Å². The Labute approximate surface area is 120 Å². The lowest BCUT2D eigenvalue weighted by atomic mass is 9.64. The van der Waals surface area contributed by atoms with E-state index in [2.05, 4.69) is 5.32 Å². The normalized spacial score (nSPS) is 25.3. The van der Waals surface area contributed by atoms with Crippen LogP contribution in [-0.2, 0) is 6.54 Å². The Morgan fingerprint density at radius 1 is 1.30 bits per heavy atom. The zero-order valence-electron chi connectivity index (χ0n) is 11.4. The summed E-state index contributed by atoms with van der Waals surface area (Å²) in [5, 5.41) is 13.0. The minimum atomic E-state index is -4.24. The zero-order chi connectivity index (χ0) is 15.0. The van der Waals surface area contributed by atoms with Gasteiger partial charge in [-0.2, -0.15) is 13.2 Å². The van der Waals surface area contributed by atoms with E-state index in [4.69, 9.17) is 0 Å². The lowest BCUT2D eigenvalue weighted by Gasteiger charge is -2.49. The Balaban J connectivity index is 1.86. The van der Waals surface area contributed by atoms with Crippen molar-refractivity contribution in [3.05, 3.63) is 29.8 Å². The topological polar surface area (TPSA) is 32.3 Å². The molecule has 0 heterocycles. The minimum Gasteiger partial charge on any atom is -0.392 e. The van der Waals surface area contributed by atoms with Crippen molar-refractivity contribution in [1.82, 2.24) is 5.32 Å². The number of rotatable bonds is 4. The molecule has 6 heteroatoms. The lowest BCUT2D eigenvalue weighted by molar-refractivity contribution is -0.0729. The van der Waals surface area contributed by atoms with Gasteiger partial charge in [-0.05, 0) is 35.9 Å². The van der Waals surface area contributed by atoms with Crippen LogP contribution in [0.5, 0.6) is 0 Å². The molecule has 2 nitrogen and oxygen atoms in total. The Hall–Kier alpha value is -0.720. The smallest absolute Gasteiger partial charge is 0.392 e. The molecule has 2 unspecified atom stereocenters. The first-order valence-corrected chi connectivity index (χ1v) is 7.26. The number of halogens is 3. The Morgan fingerprint density at radius 2 is 1.90 bits per heavy atom. The molecular weight excluding hydrogens is 287 g/mol. The van der Waals surface area contributed by atoms with Crippen LogP contribution in [-0.4, -0.2) is 22.8 Å². The molecule has 1 aromatic rings. The number of hydrogen-bond acceptors (Lipinski definition) is 3. The van der Waals surface area contributed by atoms with Gasteiger partial charge in [0.2, 0.25) is 0 Å². The molecule has 0 bridgehead atoms. The highest BCUT2D eigenvalue weighted by Crippen LogP contribution is 2.40. The standard InChI is InChI=1S/C14H18F3NOS/c1-13(2)11(7-12(13)19)18-8-9-3-5-10(6-4-9)20-14(15,16)17/h3-6,11-12,18-19H,7-8H2,1-2H3. The second kappa shape index (κ2) is 5.58. The summed E-state index contributed by atoms with van der Waals surface area (Å²) < 4.78 is 36.6. The van der Waals surface area contributed by atoms with Gasteiger partial charge in [-0.25, -0.2) is 0 Å². The molecule has 2 rings (SSSR count). The molecule has 0 amide bonds. The molecule has 1 aromatic carbocycles. The minimum absolute atomic E-state index is 0.104. The van der Waals surface area contributed by atoms with E-state index >= 15 is 0 Å². The van der Waals surface area contributed by atoms with Crippen molar-refractivity contribution in [2.75, 3.05) is 0 Å². The van der Waals surface area contributed by atoms with Gasteiger partial charge in [-0.15, -0.1) is 0 Å². The van der Waals surface area contributed by atoms with Gasteiger partial charge in [0.1, 0.15) is 0 Å². The molecule has 112 valence electrons. The van der Waals surface area contributed by atoms with Crippen LogP contribution in [0.2, 0.25) is 0 Å². The van der Waals surface area contributed by atoms with E-state index in [1.807, 2.05) is 13.8 Å². The van der Waals surface area contributed by atoms with Crippen molar-refractivity contribution in [2.45, 2.75) is 49.4 Å². The van der Waals surface area contributed by atoms with Gasteiger partial charge in [0.15, 0.2) is 0 Å². The van der Waals surface area contributed by atoms with E-state index in [0.717, 1.165) is 12.0 Å². The third-order valence-electron chi connectivity index (χ3n) is 3.93. The van der Waals surface area contributed by atoms with Gasteiger partial charge in [-0.3, -0.25) is 0 Å². The third-order valence-corrected chi connectivity index (χ3v) is 4.66. The van der Waals surface area contributed by atoms with Crippen molar-refractivity contribution in [2.24, 2.45) is 5.41 Å². The fourth-order valence-corrected chi connectivity index (χ4v) is 2.84. The fraction of sp³-hybridized carbons (Fsp3) is 0.571. The maximum Gasteiger partial charge on any atom is 0.446 e. The predicted molar refractivity (Wildman–Crippen MR) is 73.4 cm³/mol. The van der Waals surface area contributed by atoms with E-state index < -0.39 is 5.51 Å². The van der Waals surface area contributed by atoms with E-state index in [0.29, 0.717) is 6.54 Å². The average Bonchev–Trinajstić information content (AvgIpc) is 2.34. The number of nitrogens with one attached hydrogen (secondary N) is 1. The van der Waals surface area contributed by atoms with E-state index in [9.17, 15) is 18.3 Å². The van der Waals surface area contributed by atoms with Gasteiger partial charge in [0.05, 0.1) is 6.10 Å². The van der Waals surface area contributed by atoms with Crippen molar-refractivity contribution >= 4 is 11.8 Å². The first-order chi connectivity index (χ1) is 9.18. The van der Waals surface area contributed by atoms with Crippen molar-refractivity contribution in [3.63, 3.8) is 0 Å². The summed E-state index contributed by atoms with van der Waals surface area (Å²) in [5.41, 5.74) is -3.45. The molecular formula is C14H18F3NOS. The molecule has 2 N–H and O–H groups in total. The molecule has 1 fully saturated rings. The summed E-state index contributed by atoms with van der Waals surface area (Å²) >= 11 is -0.104. The summed E-state index contributed by atoms with van der Waals surface area (Å²) in [6.45, 7) is 4.60. The Morgan fingerprint density at radius 3 is 2.35 bits per heavy atom. The highest BCUT2D eigenvalue weighted by atomic mass is 32.2. The molecule has 0 spiro atoms. The highest BCUT2D eigenvalue weighted by molar-refractivity contribution is 8.00. The summed E-state index contributed by atoms with van der Waals surface area (Å²) in [6.07, 6.45) is 0.431. The molecule has 0 aliphatic heterocycles. The summed E-state index contributed by atoms with van der Waals surface area (Å²) in [6, 6.07) is 6.60. The number of alkyl halides is 3. The summed E-state index contributed by atoms with van der Waals surface area (Å²) in [7, 11) is 0. The maximum absolute atomic E-state index is 12.2. The van der Waals surface area contributed by atoms with E-state index in [1.165, 1.54) is 12.1 Å². The van der Waals surface area contributed by atoms with Crippen LogP contribution in [0.25, 0.3) is 0 Å². The molecule has 0 saturated heterocycles. The van der Waals surface area contributed by atoms with Crippen LogP contribution in [0.4, 0.5) is 13.2 Å². The molecule has 2 atom stereocenters. The first-order valence-electron chi connectivity index (χ1n) is 6.44. The van der Waals surface area contributed by atoms with Crippen LogP contribution in [0.15, 0.2) is 29.2 Å². The zero-order valence-corrected chi connectivity index (χ0v) is 12.2. The van der Waals surface area contributed by atoms with Crippen LogP contribution < -0.4 is 5.32 Å². The lowest BCUT2D eigenvalue weighted by Crippen LogP contribution is -2.59. The number of thioether (sulfide) groups is 1. The largest absolute Gasteiger partial charge is 0.446 e. The number of benzene rings is 1. The number of aliphatic hydroxyl groups is 1. The molecule has 20 heavy (non-hydrogen) atoms. The fourth-order valence-electron chi connectivity index (χ4n) is 2.30. The van der Waals surface area contributed by atoms with Crippen LogP contribution in [0.3, 0.4) is 0 Å². The number of hydrogen-bond donors (Lipinski definition) is 2. The molecule has 1 aliphatic rings. The van der Waals surface area contributed by atoms with Crippen molar-refractivity contribution in [3.8, 4) is 0 Å². The van der Waals surface area contributed by atoms with Crippen molar-refractivity contribution < 1.29 is 18.3 Å². The monoisotopic (exact) mass is 305 g/mol. The van der Waals surface area contributed by atoms with Crippen LogP contribution in [0, 0.1) is 5.41 Å². The van der Waals surface area contributed by atoms with Crippen LogP contribution >= 0.6 is 11.8 Å². The first kappa shape index (κ1) is 15.7. The van der Waals surface area contributed by atoms with Crippen LogP contribution in [0.1, 0.15) is 25.8 Å². The second-order valence-corrected chi connectivity index (χ2v) is 6.84. The predicted octanol–water partition coefficient (Wildman–Crippen LogP) is 3.55. The Kier molecular flexibility index (Phi) is 4.37. The molecule has 0 radical (unpaired) electrons. The highest BCUT2D eigenvalue weighted by Gasteiger charge is 2.46. The van der Waals surface area contributed by atoms with Gasteiger partial charge >= 0.3 is 5.51 Å². The van der Waals surface area contributed by atoms with Gasteiger partial charge < -0.3 is 10.4 Å². The van der Waals surface area contributed by atoms with Gasteiger partial charge in [0.25, 0.3) is 0 Å². The summed E-state index contributed by atoms with van der Waals surface area (Å²) in [4.78, 5) is 0.195. The maximum atomic E-state index is 12.2. The molecule has 1 saturated carbocycles. The third kappa shape index (κ3) is 3.68. The average molecular weight is 305 g/mol. The SMILES string of the molecule is CC1(C)C(O)CC1NCc1ccc(SC(F)(F)F)cc1.